The minimum atomic E-state index is 0.0908. The molecule has 0 aliphatic heterocycles. The number of ether oxygens (including phenoxy) is 1. The summed E-state index contributed by atoms with van der Waals surface area (Å²) in [5, 5.41) is 0. The van der Waals surface area contributed by atoms with Crippen molar-refractivity contribution in [1.82, 2.24) is 0 Å². The summed E-state index contributed by atoms with van der Waals surface area (Å²) >= 11 is 0. The molecule has 0 heterocycles. The Bertz CT molecular complexity index is 251. The van der Waals surface area contributed by atoms with Gasteiger partial charge in [-0.25, -0.2) is 0 Å². The molecule has 2 nitrogen and oxygen atoms in total. The molecule has 0 saturated carbocycles. The van der Waals surface area contributed by atoms with Crippen LogP contribution in [0.15, 0.2) is 24.3 Å². The molecule has 0 spiro atoms. The fourth-order valence-electron chi connectivity index (χ4n) is 1.12. The third-order valence-electron chi connectivity index (χ3n) is 1.78. The van der Waals surface area contributed by atoms with Gasteiger partial charge in [0, 0.05) is 6.04 Å². The van der Waals surface area contributed by atoms with Gasteiger partial charge in [0.15, 0.2) is 0 Å². The zero-order valence-corrected chi connectivity index (χ0v) is 8.45. The summed E-state index contributed by atoms with van der Waals surface area (Å²) in [6.45, 7) is 6.00. The van der Waals surface area contributed by atoms with Crippen LogP contribution in [0.5, 0.6) is 5.75 Å². The Morgan fingerprint density at radius 3 is 2.00 bits per heavy atom. The van der Waals surface area contributed by atoms with E-state index in [1.54, 1.807) is 0 Å². The molecule has 2 heteroatoms. The highest BCUT2D eigenvalue weighted by Crippen LogP contribution is 2.16. The van der Waals surface area contributed by atoms with Crippen molar-refractivity contribution in [2.24, 2.45) is 5.73 Å². The van der Waals surface area contributed by atoms with Gasteiger partial charge >= 0.3 is 0 Å². The Balaban J connectivity index is 2.70. The lowest BCUT2D eigenvalue weighted by Crippen LogP contribution is -2.07. The third kappa shape index (κ3) is 3.07. The number of hydrogen-bond donors (Lipinski definition) is 1. The van der Waals surface area contributed by atoms with E-state index < -0.39 is 0 Å². The standard InChI is InChI=1S/C11H17NO/c1-8(2)13-11-6-4-10(5-7-11)9(3)12/h4-9H,12H2,1-3H3/t9-/m1/s1. The van der Waals surface area contributed by atoms with E-state index in [4.69, 9.17) is 10.5 Å². The molecule has 0 aromatic heterocycles. The average molecular weight is 179 g/mol. The lowest BCUT2D eigenvalue weighted by molar-refractivity contribution is 0.242. The average Bonchev–Trinajstić information content (AvgIpc) is 2.04. The van der Waals surface area contributed by atoms with Crippen LogP contribution in [0.4, 0.5) is 0 Å². The van der Waals surface area contributed by atoms with Gasteiger partial charge in [0.2, 0.25) is 0 Å². The molecule has 0 saturated heterocycles. The highest BCUT2D eigenvalue weighted by molar-refractivity contribution is 5.28. The summed E-state index contributed by atoms with van der Waals surface area (Å²) < 4.78 is 5.51. The Morgan fingerprint density at radius 1 is 1.08 bits per heavy atom. The Labute approximate surface area is 79.7 Å². The second kappa shape index (κ2) is 4.28. The first-order valence-corrected chi connectivity index (χ1v) is 4.62. The van der Waals surface area contributed by atoms with Crippen molar-refractivity contribution in [3.8, 4) is 5.75 Å². The Morgan fingerprint density at radius 2 is 1.62 bits per heavy atom. The van der Waals surface area contributed by atoms with E-state index in [1.165, 1.54) is 0 Å². The SMILES string of the molecule is CC(C)Oc1ccc([C@@H](C)N)cc1. The minimum absolute atomic E-state index is 0.0908. The topological polar surface area (TPSA) is 35.2 Å². The molecule has 0 bridgehead atoms. The third-order valence-corrected chi connectivity index (χ3v) is 1.78. The van der Waals surface area contributed by atoms with Crippen molar-refractivity contribution in [3.05, 3.63) is 29.8 Å². The monoisotopic (exact) mass is 179 g/mol. The van der Waals surface area contributed by atoms with Gasteiger partial charge in [-0.1, -0.05) is 12.1 Å². The van der Waals surface area contributed by atoms with Crippen molar-refractivity contribution in [2.75, 3.05) is 0 Å². The smallest absolute Gasteiger partial charge is 0.119 e. The molecule has 0 aliphatic rings. The summed E-state index contributed by atoms with van der Waals surface area (Å²) in [4.78, 5) is 0. The van der Waals surface area contributed by atoms with Crippen LogP contribution in [0.3, 0.4) is 0 Å². The molecule has 0 amide bonds. The van der Waals surface area contributed by atoms with E-state index in [0.717, 1.165) is 11.3 Å². The fourth-order valence-corrected chi connectivity index (χ4v) is 1.12. The highest BCUT2D eigenvalue weighted by atomic mass is 16.5. The maximum absolute atomic E-state index is 5.72. The molecular formula is C11H17NO. The van der Waals surface area contributed by atoms with Gasteiger partial charge in [-0.05, 0) is 38.5 Å². The van der Waals surface area contributed by atoms with Gasteiger partial charge in [0.25, 0.3) is 0 Å². The van der Waals surface area contributed by atoms with Crippen molar-refractivity contribution in [2.45, 2.75) is 32.9 Å². The number of rotatable bonds is 3. The molecule has 0 fully saturated rings. The van der Waals surface area contributed by atoms with Crippen molar-refractivity contribution < 1.29 is 4.74 Å². The van der Waals surface area contributed by atoms with E-state index in [2.05, 4.69) is 0 Å². The molecule has 1 aromatic rings. The van der Waals surface area contributed by atoms with E-state index in [1.807, 2.05) is 45.0 Å². The molecule has 72 valence electrons. The summed E-state index contributed by atoms with van der Waals surface area (Å²) in [6, 6.07) is 8.01. The van der Waals surface area contributed by atoms with Crippen LogP contribution in [0.25, 0.3) is 0 Å². The molecule has 0 radical (unpaired) electrons. The largest absolute Gasteiger partial charge is 0.491 e. The summed E-state index contributed by atoms with van der Waals surface area (Å²) in [6.07, 6.45) is 0.223. The van der Waals surface area contributed by atoms with Crippen LogP contribution < -0.4 is 10.5 Å². The molecular weight excluding hydrogens is 162 g/mol. The number of hydrogen-bond acceptors (Lipinski definition) is 2. The molecule has 13 heavy (non-hydrogen) atoms. The first-order valence-electron chi connectivity index (χ1n) is 4.62. The summed E-state index contributed by atoms with van der Waals surface area (Å²) in [5.74, 6) is 0.902. The van der Waals surface area contributed by atoms with Gasteiger partial charge in [-0.2, -0.15) is 0 Å². The van der Waals surface area contributed by atoms with Crippen LogP contribution in [0, 0.1) is 0 Å². The lowest BCUT2D eigenvalue weighted by Gasteiger charge is -2.11. The van der Waals surface area contributed by atoms with Crippen LogP contribution in [0.1, 0.15) is 32.4 Å². The first kappa shape index (κ1) is 10.1. The molecule has 1 rings (SSSR count). The van der Waals surface area contributed by atoms with Crippen LogP contribution in [-0.2, 0) is 0 Å². The van der Waals surface area contributed by atoms with E-state index in [-0.39, 0.29) is 12.1 Å². The Hall–Kier alpha value is -1.02. The minimum Gasteiger partial charge on any atom is -0.491 e. The molecule has 0 aliphatic carbocycles. The van der Waals surface area contributed by atoms with E-state index in [9.17, 15) is 0 Å². The lowest BCUT2D eigenvalue weighted by atomic mass is 10.1. The van der Waals surface area contributed by atoms with Gasteiger partial charge in [-0.15, -0.1) is 0 Å². The zero-order chi connectivity index (χ0) is 9.84. The molecule has 0 unspecified atom stereocenters. The van der Waals surface area contributed by atoms with Crippen molar-refractivity contribution >= 4 is 0 Å². The maximum atomic E-state index is 5.72. The van der Waals surface area contributed by atoms with Crippen LogP contribution in [0.2, 0.25) is 0 Å². The quantitative estimate of drug-likeness (QED) is 0.773. The maximum Gasteiger partial charge on any atom is 0.119 e. The van der Waals surface area contributed by atoms with Gasteiger partial charge in [0.1, 0.15) is 5.75 Å². The highest BCUT2D eigenvalue weighted by Gasteiger charge is 2.00. The summed E-state index contributed by atoms with van der Waals surface area (Å²) in [5.41, 5.74) is 6.86. The van der Waals surface area contributed by atoms with Gasteiger partial charge in [-0.3, -0.25) is 0 Å². The van der Waals surface area contributed by atoms with Crippen LogP contribution >= 0.6 is 0 Å². The Kier molecular flexibility index (Phi) is 3.32. The predicted molar refractivity (Wildman–Crippen MR) is 54.8 cm³/mol. The summed E-state index contributed by atoms with van der Waals surface area (Å²) in [7, 11) is 0. The second-order valence-corrected chi connectivity index (χ2v) is 3.52. The number of nitrogens with two attached hydrogens (primary N) is 1. The molecule has 1 atom stereocenters. The van der Waals surface area contributed by atoms with Gasteiger partial charge in [0.05, 0.1) is 6.10 Å². The second-order valence-electron chi connectivity index (χ2n) is 3.52. The molecule has 1 aromatic carbocycles. The number of benzene rings is 1. The molecule has 2 N–H and O–H groups in total. The zero-order valence-electron chi connectivity index (χ0n) is 8.45. The van der Waals surface area contributed by atoms with Crippen molar-refractivity contribution in [3.63, 3.8) is 0 Å². The normalized spacial score (nSPS) is 13.0. The van der Waals surface area contributed by atoms with Crippen molar-refractivity contribution in [1.29, 1.82) is 0 Å². The first-order chi connectivity index (χ1) is 6.09. The fraction of sp³-hybridized carbons (Fsp3) is 0.455. The van der Waals surface area contributed by atoms with E-state index >= 15 is 0 Å². The van der Waals surface area contributed by atoms with Gasteiger partial charge < -0.3 is 10.5 Å². The predicted octanol–water partition coefficient (Wildman–Crippen LogP) is 2.49. The van der Waals surface area contributed by atoms with E-state index in [0.29, 0.717) is 0 Å². The van der Waals surface area contributed by atoms with Crippen LogP contribution in [-0.4, -0.2) is 6.10 Å².